The fourth-order valence-corrected chi connectivity index (χ4v) is 2.99. The molecule has 0 spiro atoms. The van der Waals surface area contributed by atoms with Gasteiger partial charge in [-0.05, 0) is 24.6 Å². The summed E-state index contributed by atoms with van der Waals surface area (Å²) < 4.78 is 12.5. The minimum atomic E-state index is -0.331. The molecule has 2 aromatic rings. The Morgan fingerprint density at radius 2 is 1.75 bits per heavy atom. The summed E-state index contributed by atoms with van der Waals surface area (Å²) in [6, 6.07) is 14.0. The number of nitrogens with one attached hydrogen (secondary N) is 2. The smallest absolute Gasteiger partial charge is 0.166 e. The van der Waals surface area contributed by atoms with Gasteiger partial charge in [-0.25, -0.2) is 0 Å². The van der Waals surface area contributed by atoms with Gasteiger partial charge in [-0.3, -0.25) is 0 Å². The minimum Gasteiger partial charge on any atom is -0.493 e. The van der Waals surface area contributed by atoms with E-state index < -0.39 is 0 Å². The van der Waals surface area contributed by atoms with E-state index in [0.29, 0.717) is 25.4 Å². The van der Waals surface area contributed by atoms with Gasteiger partial charge in [-0.15, -0.1) is 24.8 Å². The van der Waals surface area contributed by atoms with Crippen LogP contribution in [0.4, 0.5) is 0 Å². The van der Waals surface area contributed by atoms with E-state index in [1.807, 2.05) is 42.5 Å². The molecule has 3 N–H and O–H groups in total. The number of halogens is 3. The zero-order valence-electron chi connectivity index (χ0n) is 16.1. The molecule has 0 aromatic heterocycles. The number of benzene rings is 2. The molecule has 0 heterocycles. The summed E-state index contributed by atoms with van der Waals surface area (Å²) in [5, 5.41) is 15.8. The topological polar surface area (TPSA) is 62.8 Å². The third kappa shape index (κ3) is 9.45. The Bertz CT molecular complexity index is 676. The summed E-state index contributed by atoms with van der Waals surface area (Å²) in [5.74, 6) is 1.46. The molecule has 0 saturated carbocycles. The fraction of sp³-hybridized carbons (Fsp3) is 0.400. The Morgan fingerprint density at radius 3 is 2.39 bits per heavy atom. The zero-order valence-corrected chi connectivity index (χ0v) is 19.3. The van der Waals surface area contributed by atoms with Crippen molar-refractivity contribution in [3.63, 3.8) is 0 Å². The van der Waals surface area contributed by atoms with Gasteiger partial charge in [0.1, 0.15) is 6.61 Å². The van der Waals surface area contributed by atoms with Crippen molar-refractivity contribution in [1.29, 1.82) is 0 Å². The van der Waals surface area contributed by atoms with Crippen LogP contribution in [0.5, 0.6) is 11.5 Å². The molecule has 2 rings (SSSR count). The maximum Gasteiger partial charge on any atom is 0.166 e. The van der Waals surface area contributed by atoms with Crippen LogP contribution in [0.2, 0.25) is 0 Å². The third-order valence-corrected chi connectivity index (χ3v) is 4.23. The molecule has 0 amide bonds. The lowest BCUT2D eigenvalue weighted by molar-refractivity contribution is 0.191. The van der Waals surface area contributed by atoms with E-state index in [4.69, 9.17) is 9.47 Å². The van der Waals surface area contributed by atoms with Crippen molar-refractivity contribution in [3.05, 3.63) is 58.1 Å². The molecule has 0 aliphatic rings. The number of aliphatic hydroxyl groups excluding tert-OH is 1. The second-order valence-electron chi connectivity index (χ2n) is 6.10. The van der Waals surface area contributed by atoms with Crippen LogP contribution in [-0.2, 0) is 13.2 Å². The minimum absolute atomic E-state index is 0. The lowest BCUT2D eigenvalue weighted by atomic mass is 10.1. The van der Waals surface area contributed by atoms with Crippen molar-refractivity contribution in [1.82, 2.24) is 10.6 Å². The van der Waals surface area contributed by atoms with E-state index in [2.05, 4.69) is 26.6 Å². The van der Waals surface area contributed by atoms with Crippen LogP contribution in [0, 0.1) is 0 Å². The van der Waals surface area contributed by atoms with Crippen LogP contribution in [0.3, 0.4) is 0 Å². The first kappa shape index (κ1) is 27.0. The molecule has 0 saturated heterocycles. The second kappa shape index (κ2) is 14.9. The highest BCUT2D eigenvalue weighted by atomic mass is 79.9. The molecule has 1 unspecified atom stereocenters. The van der Waals surface area contributed by atoms with Gasteiger partial charge in [0.05, 0.1) is 13.2 Å². The van der Waals surface area contributed by atoms with Gasteiger partial charge in [0.15, 0.2) is 11.5 Å². The summed E-state index contributed by atoms with van der Waals surface area (Å²) in [6.45, 7) is 5.09. The molecule has 2 aromatic carbocycles. The normalized spacial score (nSPS) is 11.1. The van der Waals surface area contributed by atoms with Gasteiger partial charge in [0.25, 0.3) is 0 Å². The van der Waals surface area contributed by atoms with Gasteiger partial charge in [-0.2, -0.15) is 0 Å². The van der Waals surface area contributed by atoms with Crippen molar-refractivity contribution in [3.8, 4) is 11.5 Å². The van der Waals surface area contributed by atoms with Crippen molar-refractivity contribution in [2.75, 3.05) is 26.7 Å². The maximum atomic E-state index is 9.25. The number of aliphatic hydroxyl groups is 1. The third-order valence-electron chi connectivity index (χ3n) is 3.78. The predicted octanol–water partition coefficient (Wildman–Crippen LogP) is 3.94. The molecule has 0 radical (unpaired) electrons. The number of ether oxygens (including phenoxy) is 2. The molecule has 0 aliphatic heterocycles. The Balaban J connectivity index is 0.00000364. The number of hydrogen-bond acceptors (Lipinski definition) is 5. The van der Waals surface area contributed by atoms with Crippen LogP contribution in [0.1, 0.15) is 18.1 Å². The standard InChI is InChI=1S/C20H27BrN2O3.2ClH/c1-15(24)12-22-8-9-23-13-17-10-18(21)11-19(25-2)20(17)26-14-16-6-4-3-5-7-16;;/h3-7,10-11,15,22-24H,8-9,12-14H2,1-2H3;2*1H. The summed E-state index contributed by atoms with van der Waals surface area (Å²) >= 11 is 3.53. The van der Waals surface area contributed by atoms with E-state index in [1.54, 1.807) is 14.0 Å². The maximum absolute atomic E-state index is 9.25. The number of rotatable bonds is 11. The lowest BCUT2D eigenvalue weighted by Crippen LogP contribution is -2.31. The van der Waals surface area contributed by atoms with E-state index in [-0.39, 0.29) is 30.9 Å². The largest absolute Gasteiger partial charge is 0.493 e. The SMILES string of the molecule is COc1cc(Br)cc(CNCCNCC(C)O)c1OCc1ccccc1.Cl.Cl. The first-order valence-electron chi connectivity index (χ1n) is 8.72. The van der Waals surface area contributed by atoms with Crippen molar-refractivity contribution in [2.45, 2.75) is 26.2 Å². The molecular weight excluding hydrogens is 467 g/mol. The van der Waals surface area contributed by atoms with Crippen LogP contribution in [0.15, 0.2) is 46.9 Å². The summed E-state index contributed by atoms with van der Waals surface area (Å²) in [5.41, 5.74) is 2.14. The van der Waals surface area contributed by atoms with Crippen LogP contribution in [-0.4, -0.2) is 38.0 Å². The van der Waals surface area contributed by atoms with Gasteiger partial charge in [0.2, 0.25) is 0 Å². The van der Waals surface area contributed by atoms with Gasteiger partial charge in [-0.1, -0.05) is 46.3 Å². The summed E-state index contributed by atoms with van der Waals surface area (Å²) in [6.07, 6.45) is -0.331. The Labute approximate surface area is 188 Å². The summed E-state index contributed by atoms with van der Waals surface area (Å²) in [7, 11) is 1.65. The monoisotopic (exact) mass is 494 g/mol. The van der Waals surface area contributed by atoms with Crippen LogP contribution >= 0.6 is 40.7 Å². The van der Waals surface area contributed by atoms with Crippen molar-refractivity contribution < 1.29 is 14.6 Å². The molecule has 0 bridgehead atoms. The van der Waals surface area contributed by atoms with E-state index in [9.17, 15) is 5.11 Å². The highest BCUT2D eigenvalue weighted by molar-refractivity contribution is 9.10. The molecule has 1 atom stereocenters. The van der Waals surface area contributed by atoms with Gasteiger partial charge >= 0.3 is 0 Å². The Hall–Kier alpha value is -1.02. The van der Waals surface area contributed by atoms with E-state index >= 15 is 0 Å². The Kier molecular flexibility index (Phi) is 14.4. The Morgan fingerprint density at radius 1 is 1.07 bits per heavy atom. The van der Waals surface area contributed by atoms with Gasteiger partial charge in [0, 0.05) is 36.2 Å². The molecule has 5 nitrogen and oxygen atoms in total. The highest BCUT2D eigenvalue weighted by Crippen LogP contribution is 2.35. The summed E-state index contributed by atoms with van der Waals surface area (Å²) in [4.78, 5) is 0. The lowest BCUT2D eigenvalue weighted by Gasteiger charge is -2.17. The van der Waals surface area contributed by atoms with Crippen LogP contribution < -0.4 is 20.1 Å². The average molecular weight is 496 g/mol. The first-order valence-corrected chi connectivity index (χ1v) is 9.52. The fourth-order valence-electron chi connectivity index (χ4n) is 2.51. The number of hydrogen-bond donors (Lipinski definition) is 3. The van der Waals surface area contributed by atoms with Crippen LogP contribution in [0.25, 0.3) is 0 Å². The van der Waals surface area contributed by atoms with E-state index in [0.717, 1.165) is 34.4 Å². The second-order valence-corrected chi connectivity index (χ2v) is 7.02. The highest BCUT2D eigenvalue weighted by Gasteiger charge is 2.13. The van der Waals surface area contributed by atoms with Gasteiger partial charge < -0.3 is 25.2 Å². The molecule has 0 aliphatic carbocycles. The molecular formula is C20H29BrCl2N2O3. The van der Waals surface area contributed by atoms with Crippen molar-refractivity contribution in [2.24, 2.45) is 0 Å². The zero-order chi connectivity index (χ0) is 18.8. The first-order chi connectivity index (χ1) is 12.6. The number of methoxy groups -OCH3 is 1. The van der Waals surface area contributed by atoms with Crippen molar-refractivity contribution >= 4 is 40.7 Å². The predicted molar refractivity (Wildman–Crippen MR) is 122 cm³/mol. The average Bonchev–Trinajstić information content (AvgIpc) is 2.63. The molecule has 158 valence electrons. The van der Waals surface area contributed by atoms with E-state index in [1.165, 1.54) is 0 Å². The molecule has 8 heteroatoms. The molecule has 28 heavy (non-hydrogen) atoms. The molecule has 0 fully saturated rings. The quantitative estimate of drug-likeness (QED) is 0.412.